The minimum Gasteiger partial charge on any atom is -0.484 e. The Balaban J connectivity index is 1.49. The summed E-state index contributed by atoms with van der Waals surface area (Å²) in [6, 6.07) is 18.0. The fourth-order valence-corrected chi connectivity index (χ4v) is 2.62. The van der Waals surface area contributed by atoms with Gasteiger partial charge in [-0.15, -0.1) is 0 Å². The summed E-state index contributed by atoms with van der Waals surface area (Å²) in [4.78, 5) is 25.9. The molecule has 1 N–H and O–H groups in total. The first-order valence-corrected chi connectivity index (χ1v) is 8.89. The normalized spacial score (nSPS) is 10.4. The van der Waals surface area contributed by atoms with Crippen LogP contribution in [-0.2, 0) is 11.3 Å². The monoisotopic (exact) mass is 378 g/mol. The molecule has 3 aromatic rings. The molecule has 6 heteroatoms. The zero-order valence-corrected chi connectivity index (χ0v) is 15.8. The average Bonchev–Trinajstić information content (AvgIpc) is 3.24. The summed E-state index contributed by atoms with van der Waals surface area (Å²) >= 11 is 0. The van der Waals surface area contributed by atoms with Gasteiger partial charge in [0.25, 0.3) is 11.8 Å². The first kappa shape index (κ1) is 19.2. The van der Waals surface area contributed by atoms with Crippen molar-refractivity contribution in [3.8, 4) is 5.75 Å². The topological polar surface area (TPSA) is 71.8 Å². The maximum atomic E-state index is 12.3. The molecule has 0 aliphatic carbocycles. The van der Waals surface area contributed by atoms with E-state index in [1.165, 1.54) is 6.26 Å². The van der Waals surface area contributed by atoms with E-state index in [0.717, 1.165) is 11.1 Å². The fraction of sp³-hybridized carbons (Fsp3) is 0.182. The number of nitrogens with one attached hydrogen (secondary N) is 1. The molecule has 0 fully saturated rings. The Bertz CT molecular complexity index is 933. The van der Waals surface area contributed by atoms with Crippen LogP contribution in [0.4, 0.5) is 5.69 Å². The number of ether oxygens (including phenoxy) is 1. The van der Waals surface area contributed by atoms with E-state index in [-0.39, 0.29) is 24.2 Å². The molecule has 1 heterocycles. The van der Waals surface area contributed by atoms with Crippen LogP contribution in [-0.4, -0.2) is 30.4 Å². The van der Waals surface area contributed by atoms with Crippen molar-refractivity contribution in [3.05, 3.63) is 83.8 Å². The maximum Gasteiger partial charge on any atom is 0.291 e. The number of rotatable bonds is 7. The summed E-state index contributed by atoms with van der Waals surface area (Å²) in [6.45, 7) is 2.50. The standard InChI is InChI=1S/C22H22N2O4/c1-16-6-3-4-7-17(16)14-24(2)21(25)15-28-19-11-9-18(10-12-19)23-22(26)20-8-5-13-27-20/h3-13H,14-15H2,1-2H3,(H,23,26). The number of nitrogens with zero attached hydrogens (tertiary/aromatic N) is 1. The summed E-state index contributed by atoms with van der Waals surface area (Å²) in [5.41, 5.74) is 2.86. The second-order valence-corrected chi connectivity index (χ2v) is 6.42. The molecule has 0 unspecified atom stereocenters. The molecule has 28 heavy (non-hydrogen) atoms. The summed E-state index contributed by atoms with van der Waals surface area (Å²) in [6.07, 6.45) is 1.44. The van der Waals surface area contributed by atoms with Gasteiger partial charge in [-0.05, 0) is 54.4 Å². The van der Waals surface area contributed by atoms with Crippen LogP contribution in [0.5, 0.6) is 5.75 Å². The lowest BCUT2D eigenvalue weighted by Gasteiger charge is -2.18. The Kier molecular flexibility index (Phi) is 6.11. The Morgan fingerprint density at radius 2 is 1.79 bits per heavy atom. The van der Waals surface area contributed by atoms with Gasteiger partial charge in [0.15, 0.2) is 12.4 Å². The van der Waals surface area contributed by atoms with E-state index in [1.807, 2.05) is 31.2 Å². The number of carbonyl (C=O) groups excluding carboxylic acids is 2. The summed E-state index contributed by atoms with van der Waals surface area (Å²) in [5, 5.41) is 2.72. The molecule has 0 aliphatic rings. The Hall–Kier alpha value is -3.54. The Morgan fingerprint density at radius 1 is 1.04 bits per heavy atom. The van der Waals surface area contributed by atoms with Gasteiger partial charge in [0, 0.05) is 19.3 Å². The number of likely N-dealkylation sites (N-methyl/N-ethyl adjacent to an activating group) is 1. The highest BCUT2D eigenvalue weighted by Crippen LogP contribution is 2.17. The minimum atomic E-state index is -0.327. The molecule has 0 atom stereocenters. The quantitative estimate of drug-likeness (QED) is 0.677. The van der Waals surface area contributed by atoms with Gasteiger partial charge < -0.3 is 19.4 Å². The van der Waals surface area contributed by atoms with Crippen molar-refractivity contribution < 1.29 is 18.7 Å². The van der Waals surface area contributed by atoms with Gasteiger partial charge in [-0.2, -0.15) is 0 Å². The van der Waals surface area contributed by atoms with Crippen molar-refractivity contribution in [2.24, 2.45) is 0 Å². The van der Waals surface area contributed by atoms with Crippen molar-refractivity contribution in [1.29, 1.82) is 0 Å². The third-order valence-electron chi connectivity index (χ3n) is 4.31. The fourth-order valence-electron chi connectivity index (χ4n) is 2.62. The number of hydrogen-bond acceptors (Lipinski definition) is 4. The highest BCUT2D eigenvalue weighted by atomic mass is 16.5. The number of anilines is 1. The molecule has 6 nitrogen and oxygen atoms in total. The number of benzene rings is 2. The summed E-state index contributed by atoms with van der Waals surface area (Å²) in [7, 11) is 1.76. The number of aryl methyl sites for hydroxylation is 1. The molecule has 0 saturated carbocycles. The number of hydrogen-bond donors (Lipinski definition) is 1. The maximum absolute atomic E-state index is 12.3. The van der Waals surface area contributed by atoms with Crippen LogP contribution in [0, 0.1) is 6.92 Å². The van der Waals surface area contributed by atoms with E-state index in [2.05, 4.69) is 5.32 Å². The third-order valence-corrected chi connectivity index (χ3v) is 4.31. The zero-order valence-electron chi connectivity index (χ0n) is 15.8. The van der Waals surface area contributed by atoms with Crippen LogP contribution in [0.1, 0.15) is 21.7 Å². The van der Waals surface area contributed by atoms with Crippen molar-refractivity contribution in [2.45, 2.75) is 13.5 Å². The first-order valence-electron chi connectivity index (χ1n) is 8.89. The van der Waals surface area contributed by atoms with E-state index < -0.39 is 0 Å². The Morgan fingerprint density at radius 3 is 2.46 bits per heavy atom. The van der Waals surface area contributed by atoms with Crippen LogP contribution in [0.25, 0.3) is 0 Å². The minimum absolute atomic E-state index is 0.0551. The molecule has 0 saturated heterocycles. The van der Waals surface area contributed by atoms with Gasteiger partial charge in [-0.3, -0.25) is 9.59 Å². The smallest absolute Gasteiger partial charge is 0.291 e. The van der Waals surface area contributed by atoms with Crippen LogP contribution >= 0.6 is 0 Å². The zero-order chi connectivity index (χ0) is 19.9. The van der Waals surface area contributed by atoms with Crippen LogP contribution in [0.15, 0.2) is 71.3 Å². The molecule has 2 amide bonds. The third kappa shape index (κ3) is 5.01. The van der Waals surface area contributed by atoms with Crippen molar-refractivity contribution in [1.82, 2.24) is 4.90 Å². The molecule has 2 aromatic carbocycles. The number of furan rings is 1. The summed E-state index contributed by atoms with van der Waals surface area (Å²) in [5.74, 6) is 0.349. The molecule has 0 spiro atoms. The van der Waals surface area contributed by atoms with Crippen molar-refractivity contribution >= 4 is 17.5 Å². The Labute approximate surface area is 163 Å². The van der Waals surface area contributed by atoms with Crippen LogP contribution in [0.2, 0.25) is 0 Å². The average molecular weight is 378 g/mol. The van der Waals surface area contributed by atoms with E-state index in [4.69, 9.17) is 9.15 Å². The lowest BCUT2D eigenvalue weighted by molar-refractivity contribution is -0.132. The highest BCUT2D eigenvalue weighted by Gasteiger charge is 2.12. The van der Waals surface area contributed by atoms with Crippen LogP contribution in [0.3, 0.4) is 0 Å². The molecule has 3 rings (SSSR count). The molecule has 144 valence electrons. The molecular formula is C22H22N2O4. The predicted molar refractivity (Wildman–Crippen MR) is 106 cm³/mol. The van der Waals surface area contributed by atoms with E-state index in [0.29, 0.717) is 18.0 Å². The van der Waals surface area contributed by atoms with E-state index in [9.17, 15) is 9.59 Å². The molecule has 0 aliphatic heterocycles. The largest absolute Gasteiger partial charge is 0.484 e. The van der Waals surface area contributed by atoms with Gasteiger partial charge in [0.2, 0.25) is 0 Å². The SMILES string of the molecule is Cc1ccccc1CN(C)C(=O)COc1ccc(NC(=O)c2ccco2)cc1. The van der Waals surface area contributed by atoms with Gasteiger partial charge in [-0.1, -0.05) is 24.3 Å². The van der Waals surface area contributed by atoms with Crippen LogP contribution < -0.4 is 10.1 Å². The lowest BCUT2D eigenvalue weighted by Crippen LogP contribution is -2.31. The predicted octanol–water partition coefficient (Wildman–Crippen LogP) is 3.88. The van der Waals surface area contributed by atoms with Gasteiger partial charge in [-0.25, -0.2) is 0 Å². The van der Waals surface area contributed by atoms with Gasteiger partial charge in [0.1, 0.15) is 5.75 Å². The molecule has 0 bridgehead atoms. The first-order chi connectivity index (χ1) is 13.5. The van der Waals surface area contributed by atoms with Crippen molar-refractivity contribution in [3.63, 3.8) is 0 Å². The second-order valence-electron chi connectivity index (χ2n) is 6.42. The second kappa shape index (κ2) is 8.90. The molecule has 1 aromatic heterocycles. The van der Waals surface area contributed by atoms with Gasteiger partial charge >= 0.3 is 0 Å². The molecular weight excluding hydrogens is 356 g/mol. The van der Waals surface area contributed by atoms with Gasteiger partial charge in [0.05, 0.1) is 6.26 Å². The summed E-state index contributed by atoms with van der Waals surface area (Å²) < 4.78 is 10.6. The number of amides is 2. The van der Waals surface area contributed by atoms with Crippen molar-refractivity contribution in [2.75, 3.05) is 19.0 Å². The lowest BCUT2D eigenvalue weighted by atomic mass is 10.1. The van der Waals surface area contributed by atoms with E-state index in [1.54, 1.807) is 48.3 Å². The highest BCUT2D eigenvalue weighted by molar-refractivity contribution is 6.02. The number of carbonyl (C=O) groups is 2. The molecule has 0 radical (unpaired) electrons. The van der Waals surface area contributed by atoms with E-state index >= 15 is 0 Å².